The first-order chi connectivity index (χ1) is 16.5. The highest BCUT2D eigenvalue weighted by molar-refractivity contribution is 9.10. The van der Waals surface area contributed by atoms with E-state index in [9.17, 15) is 14.0 Å². The van der Waals surface area contributed by atoms with Crippen LogP contribution in [0.1, 0.15) is 52.9 Å². The number of hydrogen-bond donors (Lipinski definition) is 0. The molecule has 1 heterocycles. The van der Waals surface area contributed by atoms with Crippen molar-refractivity contribution < 1.29 is 14.0 Å². The molecule has 0 spiro atoms. The summed E-state index contributed by atoms with van der Waals surface area (Å²) in [6, 6.07) is 17.6. The minimum Gasteiger partial charge on any atom is -0.332 e. The Morgan fingerprint density at radius 3 is 2.35 bits per heavy atom. The van der Waals surface area contributed by atoms with Gasteiger partial charge in [-0.2, -0.15) is 0 Å². The number of halogens is 2. The highest BCUT2D eigenvalue weighted by atomic mass is 79.9. The average Bonchev–Trinajstić information content (AvgIpc) is 3.37. The molecule has 0 unspecified atom stereocenters. The molecule has 2 aromatic carbocycles. The number of carbonyl (C=O) groups is 2. The predicted octanol–water partition coefficient (Wildman–Crippen LogP) is 6.65. The maximum absolute atomic E-state index is 13.7. The summed E-state index contributed by atoms with van der Waals surface area (Å²) in [5, 5.41) is 1.99. The van der Waals surface area contributed by atoms with E-state index in [1.165, 1.54) is 12.1 Å². The molecule has 0 bridgehead atoms. The van der Waals surface area contributed by atoms with Gasteiger partial charge in [0.25, 0.3) is 5.91 Å². The zero-order valence-corrected chi connectivity index (χ0v) is 21.4. The number of thiophene rings is 1. The van der Waals surface area contributed by atoms with E-state index < -0.39 is 0 Å². The first-order valence-electron chi connectivity index (χ1n) is 11.6. The molecule has 7 heteroatoms. The molecule has 0 saturated heterocycles. The lowest BCUT2D eigenvalue weighted by molar-refractivity contribution is -0.133. The lowest BCUT2D eigenvalue weighted by atomic mass is 9.93. The number of hydrogen-bond acceptors (Lipinski definition) is 3. The van der Waals surface area contributed by atoms with Gasteiger partial charge in [-0.3, -0.25) is 9.59 Å². The van der Waals surface area contributed by atoms with Gasteiger partial charge in [-0.05, 0) is 70.0 Å². The van der Waals surface area contributed by atoms with Crippen molar-refractivity contribution in [2.75, 3.05) is 6.54 Å². The SMILES string of the molecule is O=C(CN(C(=O)c1ccccc1Br)C1CCCCC1)N(Cc1ccc(F)cc1)Cc1cccs1. The maximum atomic E-state index is 13.7. The average molecular weight is 544 g/mol. The lowest BCUT2D eigenvalue weighted by Crippen LogP contribution is -2.48. The fraction of sp³-hybridized carbons (Fsp3) is 0.333. The molecule has 0 atom stereocenters. The van der Waals surface area contributed by atoms with Crippen molar-refractivity contribution >= 4 is 39.1 Å². The summed E-state index contributed by atoms with van der Waals surface area (Å²) in [6.07, 6.45) is 5.11. The largest absolute Gasteiger partial charge is 0.332 e. The Hall–Kier alpha value is -2.51. The molecule has 2 amide bonds. The van der Waals surface area contributed by atoms with Crippen LogP contribution in [0.5, 0.6) is 0 Å². The Balaban J connectivity index is 1.58. The van der Waals surface area contributed by atoms with Crippen molar-refractivity contribution in [2.24, 2.45) is 0 Å². The van der Waals surface area contributed by atoms with Crippen LogP contribution in [-0.2, 0) is 17.9 Å². The predicted molar refractivity (Wildman–Crippen MR) is 137 cm³/mol. The van der Waals surface area contributed by atoms with Gasteiger partial charge in [0.05, 0.1) is 12.1 Å². The lowest BCUT2D eigenvalue weighted by Gasteiger charge is -2.35. The highest BCUT2D eigenvalue weighted by Crippen LogP contribution is 2.27. The summed E-state index contributed by atoms with van der Waals surface area (Å²) in [7, 11) is 0. The Morgan fingerprint density at radius 1 is 0.941 bits per heavy atom. The van der Waals surface area contributed by atoms with Gasteiger partial charge < -0.3 is 9.80 Å². The second kappa shape index (κ2) is 11.8. The van der Waals surface area contributed by atoms with Gasteiger partial charge in [0.2, 0.25) is 5.91 Å². The molecule has 1 aliphatic rings. The van der Waals surface area contributed by atoms with E-state index in [0.29, 0.717) is 18.7 Å². The topological polar surface area (TPSA) is 40.6 Å². The van der Waals surface area contributed by atoms with Crippen molar-refractivity contribution in [3.05, 3.63) is 92.3 Å². The van der Waals surface area contributed by atoms with Crippen molar-refractivity contribution in [1.82, 2.24) is 9.80 Å². The summed E-state index contributed by atoms with van der Waals surface area (Å²) in [6.45, 7) is 0.839. The minimum atomic E-state index is -0.303. The fourth-order valence-electron chi connectivity index (χ4n) is 4.43. The molecule has 1 fully saturated rings. The van der Waals surface area contributed by atoms with E-state index >= 15 is 0 Å². The van der Waals surface area contributed by atoms with Crippen molar-refractivity contribution in [1.29, 1.82) is 0 Å². The zero-order valence-electron chi connectivity index (χ0n) is 19.0. The zero-order chi connectivity index (χ0) is 23.9. The Bertz CT molecular complexity index is 1100. The van der Waals surface area contributed by atoms with Crippen LogP contribution in [0.3, 0.4) is 0 Å². The van der Waals surface area contributed by atoms with Gasteiger partial charge >= 0.3 is 0 Å². The molecule has 4 nitrogen and oxygen atoms in total. The third kappa shape index (κ3) is 6.33. The third-order valence-electron chi connectivity index (χ3n) is 6.25. The van der Waals surface area contributed by atoms with Crippen molar-refractivity contribution in [3.8, 4) is 0 Å². The van der Waals surface area contributed by atoms with E-state index in [1.807, 2.05) is 35.7 Å². The minimum absolute atomic E-state index is 0.0252. The normalized spacial score (nSPS) is 14.1. The quantitative estimate of drug-likeness (QED) is 0.319. The van der Waals surface area contributed by atoms with Gasteiger partial charge in [0, 0.05) is 21.9 Å². The van der Waals surface area contributed by atoms with E-state index in [1.54, 1.807) is 39.3 Å². The Kier molecular flexibility index (Phi) is 8.51. The van der Waals surface area contributed by atoms with Crippen LogP contribution in [-0.4, -0.2) is 34.2 Å². The summed E-state index contributed by atoms with van der Waals surface area (Å²) in [5.41, 5.74) is 1.43. The summed E-state index contributed by atoms with van der Waals surface area (Å²) >= 11 is 5.10. The van der Waals surface area contributed by atoms with Crippen LogP contribution in [0, 0.1) is 5.82 Å². The van der Waals surface area contributed by atoms with Gasteiger partial charge in [-0.15, -0.1) is 11.3 Å². The standard InChI is InChI=1S/C27H28BrFN2O2S/c28-25-11-5-4-10-24(25)27(33)31(22-7-2-1-3-8-22)19-26(32)30(18-23-9-6-16-34-23)17-20-12-14-21(29)15-13-20/h4-6,9-16,22H,1-3,7-8,17-19H2. The molecule has 1 aromatic heterocycles. The molecule has 0 radical (unpaired) electrons. The molecular formula is C27H28BrFN2O2S. The number of nitrogens with zero attached hydrogens (tertiary/aromatic N) is 2. The van der Waals surface area contributed by atoms with Crippen LogP contribution < -0.4 is 0 Å². The highest BCUT2D eigenvalue weighted by Gasteiger charge is 2.30. The van der Waals surface area contributed by atoms with Gasteiger partial charge in [-0.1, -0.05) is 49.6 Å². The first kappa shape index (κ1) is 24.6. The molecule has 34 heavy (non-hydrogen) atoms. The number of carbonyl (C=O) groups excluding carboxylic acids is 2. The summed E-state index contributed by atoms with van der Waals surface area (Å²) in [4.78, 5) is 31.9. The van der Waals surface area contributed by atoms with Gasteiger partial charge in [0.15, 0.2) is 0 Å². The van der Waals surface area contributed by atoms with E-state index in [0.717, 1.165) is 47.0 Å². The van der Waals surface area contributed by atoms with Crippen LogP contribution in [0.2, 0.25) is 0 Å². The number of amides is 2. The third-order valence-corrected chi connectivity index (χ3v) is 7.81. The summed E-state index contributed by atoms with van der Waals surface area (Å²) < 4.78 is 14.2. The number of benzene rings is 2. The van der Waals surface area contributed by atoms with Crippen LogP contribution >= 0.6 is 27.3 Å². The monoisotopic (exact) mass is 542 g/mol. The molecule has 1 aliphatic carbocycles. The van der Waals surface area contributed by atoms with Crippen LogP contribution in [0.15, 0.2) is 70.5 Å². The van der Waals surface area contributed by atoms with Crippen LogP contribution in [0.25, 0.3) is 0 Å². The van der Waals surface area contributed by atoms with E-state index in [-0.39, 0.29) is 30.2 Å². The van der Waals surface area contributed by atoms with Gasteiger partial charge in [-0.25, -0.2) is 4.39 Å². The molecule has 0 aliphatic heterocycles. The molecule has 1 saturated carbocycles. The molecule has 3 aromatic rings. The second-order valence-electron chi connectivity index (χ2n) is 8.66. The molecular weight excluding hydrogens is 515 g/mol. The fourth-order valence-corrected chi connectivity index (χ4v) is 5.60. The molecule has 4 rings (SSSR count). The van der Waals surface area contributed by atoms with Crippen molar-refractivity contribution in [3.63, 3.8) is 0 Å². The molecule has 0 N–H and O–H groups in total. The Labute approximate surface area is 212 Å². The maximum Gasteiger partial charge on any atom is 0.255 e. The van der Waals surface area contributed by atoms with Gasteiger partial charge in [0.1, 0.15) is 12.4 Å². The first-order valence-corrected chi connectivity index (χ1v) is 13.3. The van der Waals surface area contributed by atoms with E-state index in [2.05, 4.69) is 15.9 Å². The Morgan fingerprint density at radius 2 is 1.68 bits per heavy atom. The van der Waals surface area contributed by atoms with Crippen LogP contribution in [0.4, 0.5) is 4.39 Å². The molecule has 178 valence electrons. The second-order valence-corrected chi connectivity index (χ2v) is 10.5. The summed E-state index contributed by atoms with van der Waals surface area (Å²) in [5.74, 6) is -0.531. The van der Waals surface area contributed by atoms with Crippen molar-refractivity contribution in [2.45, 2.75) is 51.2 Å². The number of rotatable bonds is 8. The smallest absolute Gasteiger partial charge is 0.255 e. The van der Waals surface area contributed by atoms with E-state index in [4.69, 9.17) is 0 Å².